The lowest BCUT2D eigenvalue weighted by Gasteiger charge is -2.15. The Hall–Kier alpha value is -3.06. The van der Waals surface area contributed by atoms with E-state index in [1.165, 1.54) is 0 Å². The molecule has 1 atom stereocenters. The largest absolute Gasteiger partial charge is 0.489 e. The van der Waals surface area contributed by atoms with Gasteiger partial charge in [0.15, 0.2) is 0 Å². The number of anilines is 3. The second-order valence-corrected chi connectivity index (χ2v) is 7.22. The van der Waals surface area contributed by atoms with Gasteiger partial charge in [-0.05, 0) is 55.7 Å². The van der Waals surface area contributed by atoms with Crippen LogP contribution in [0.4, 0.5) is 17.1 Å². The minimum Gasteiger partial charge on any atom is -0.489 e. The first-order valence-electron chi connectivity index (χ1n) is 10.4. The van der Waals surface area contributed by atoms with E-state index in [1.54, 1.807) is 24.3 Å². The van der Waals surface area contributed by atoms with Crippen LogP contribution in [-0.2, 0) is 14.3 Å². The van der Waals surface area contributed by atoms with Crippen molar-refractivity contribution in [2.45, 2.75) is 38.7 Å². The van der Waals surface area contributed by atoms with E-state index in [0.717, 1.165) is 31.6 Å². The first-order chi connectivity index (χ1) is 14.6. The lowest BCUT2D eigenvalue weighted by atomic mass is 10.2. The van der Waals surface area contributed by atoms with Crippen molar-refractivity contribution in [1.29, 1.82) is 0 Å². The summed E-state index contributed by atoms with van der Waals surface area (Å²) in [7, 11) is 0. The monoisotopic (exact) mass is 411 g/mol. The maximum absolute atomic E-state index is 12.3. The van der Waals surface area contributed by atoms with Gasteiger partial charge in [0.25, 0.3) is 0 Å². The zero-order chi connectivity index (χ0) is 21.2. The van der Waals surface area contributed by atoms with Crippen molar-refractivity contribution in [3.05, 3.63) is 48.5 Å². The second-order valence-electron chi connectivity index (χ2n) is 7.22. The summed E-state index contributed by atoms with van der Waals surface area (Å²) in [5.41, 5.74) is 2.14. The van der Waals surface area contributed by atoms with Gasteiger partial charge in [-0.25, -0.2) is 0 Å². The number of benzene rings is 2. The topological polar surface area (TPSA) is 88.7 Å². The number of carbonyl (C=O) groups is 2. The molecular weight excluding hydrogens is 382 g/mol. The molecule has 0 bridgehead atoms. The number of amides is 2. The summed E-state index contributed by atoms with van der Waals surface area (Å²) < 4.78 is 11.5. The van der Waals surface area contributed by atoms with Crippen LogP contribution in [0.25, 0.3) is 0 Å². The van der Waals surface area contributed by atoms with Crippen LogP contribution in [0.15, 0.2) is 48.5 Å². The van der Waals surface area contributed by atoms with Crippen LogP contribution >= 0.6 is 0 Å². The smallest absolute Gasteiger partial charge is 0.243 e. The third-order valence-electron chi connectivity index (χ3n) is 4.70. The molecule has 1 unspecified atom stereocenters. The zero-order valence-corrected chi connectivity index (χ0v) is 17.3. The third-order valence-corrected chi connectivity index (χ3v) is 4.70. The number of ether oxygens (including phenoxy) is 2. The Morgan fingerprint density at radius 1 is 1.03 bits per heavy atom. The molecule has 2 amide bonds. The van der Waals surface area contributed by atoms with Gasteiger partial charge in [-0.2, -0.15) is 0 Å². The molecule has 7 heteroatoms. The fraction of sp³-hybridized carbons (Fsp3) is 0.391. The van der Waals surface area contributed by atoms with Crippen molar-refractivity contribution >= 4 is 28.9 Å². The van der Waals surface area contributed by atoms with Gasteiger partial charge in [-0.3, -0.25) is 9.59 Å². The minimum absolute atomic E-state index is 0.0149. The van der Waals surface area contributed by atoms with E-state index in [1.807, 2.05) is 31.2 Å². The molecule has 1 heterocycles. The highest BCUT2D eigenvalue weighted by molar-refractivity contribution is 5.95. The Balaban J connectivity index is 1.47. The molecule has 30 heavy (non-hydrogen) atoms. The molecule has 3 N–H and O–H groups in total. The van der Waals surface area contributed by atoms with Gasteiger partial charge in [0.2, 0.25) is 11.8 Å². The van der Waals surface area contributed by atoms with Gasteiger partial charge in [0, 0.05) is 24.4 Å². The van der Waals surface area contributed by atoms with Gasteiger partial charge in [0.05, 0.1) is 18.3 Å². The summed E-state index contributed by atoms with van der Waals surface area (Å²) in [6, 6.07) is 14.6. The van der Waals surface area contributed by atoms with Gasteiger partial charge >= 0.3 is 0 Å². The number of carbonyl (C=O) groups excluding carboxylic acids is 2. The number of hydrogen-bond acceptors (Lipinski definition) is 5. The average molecular weight is 412 g/mol. The predicted molar refractivity (Wildman–Crippen MR) is 118 cm³/mol. The van der Waals surface area contributed by atoms with E-state index < -0.39 is 0 Å². The van der Waals surface area contributed by atoms with E-state index in [9.17, 15) is 9.59 Å². The number of para-hydroxylation sites is 2. The molecule has 1 aliphatic heterocycles. The summed E-state index contributed by atoms with van der Waals surface area (Å²) >= 11 is 0. The summed E-state index contributed by atoms with van der Waals surface area (Å²) in [4.78, 5) is 23.9. The maximum atomic E-state index is 12.3. The lowest BCUT2D eigenvalue weighted by molar-refractivity contribution is -0.116. The predicted octanol–water partition coefficient (Wildman–Crippen LogP) is 4.03. The van der Waals surface area contributed by atoms with Crippen molar-refractivity contribution < 1.29 is 19.1 Å². The van der Waals surface area contributed by atoms with Gasteiger partial charge in [-0.15, -0.1) is 0 Å². The molecule has 1 saturated heterocycles. The lowest BCUT2D eigenvalue weighted by Crippen LogP contribution is -2.22. The van der Waals surface area contributed by atoms with Crippen molar-refractivity contribution in [3.63, 3.8) is 0 Å². The van der Waals surface area contributed by atoms with Crippen LogP contribution in [0.2, 0.25) is 0 Å². The van der Waals surface area contributed by atoms with E-state index in [-0.39, 0.29) is 24.5 Å². The maximum Gasteiger partial charge on any atom is 0.243 e. The molecule has 7 nitrogen and oxygen atoms in total. The highest BCUT2D eigenvalue weighted by Crippen LogP contribution is 2.25. The molecule has 0 radical (unpaired) electrons. The Morgan fingerprint density at radius 3 is 2.40 bits per heavy atom. The minimum atomic E-state index is -0.174. The third kappa shape index (κ3) is 6.77. The summed E-state index contributed by atoms with van der Waals surface area (Å²) in [5, 5.41) is 8.79. The van der Waals surface area contributed by atoms with Crippen LogP contribution in [0.1, 0.15) is 32.6 Å². The molecule has 0 saturated carbocycles. The Bertz CT molecular complexity index is 833. The van der Waals surface area contributed by atoms with Gasteiger partial charge in [-0.1, -0.05) is 19.1 Å². The van der Waals surface area contributed by atoms with Crippen molar-refractivity contribution in [2.24, 2.45) is 0 Å². The van der Waals surface area contributed by atoms with Crippen LogP contribution in [0.5, 0.6) is 5.75 Å². The fourth-order valence-corrected chi connectivity index (χ4v) is 3.17. The van der Waals surface area contributed by atoms with Crippen LogP contribution in [-0.4, -0.2) is 37.7 Å². The normalized spacial score (nSPS) is 15.4. The Morgan fingerprint density at radius 2 is 1.73 bits per heavy atom. The molecule has 160 valence electrons. The number of hydrogen-bond donors (Lipinski definition) is 3. The van der Waals surface area contributed by atoms with Crippen molar-refractivity contribution in [1.82, 2.24) is 0 Å². The average Bonchev–Trinajstić information content (AvgIpc) is 3.26. The van der Waals surface area contributed by atoms with E-state index in [4.69, 9.17) is 9.47 Å². The van der Waals surface area contributed by atoms with Crippen LogP contribution in [0.3, 0.4) is 0 Å². The molecule has 3 rings (SSSR count). The first-order valence-corrected chi connectivity index (χ1v) is 10.4. The zero-order valence-electron chi connectivity index (χ0n) is 17.3. The van der Waals surface area contributed by atoms with Crippen molar-refractivity contribution in [3.8, 4) is 5.75 Å². The number of rotatable bonds is 10. The SMILES string of the molecule is CCCC(=O)Nc1ccc(NC(=O)CNc2ccccc2OCC2CCCO2)cc1. The number of nitrogens with one attached hydrogen (secondary N) is 3. The molecule has 1 aliphatic rings. The summed E-state index contributed by atoms with van der Waals surface area (Å²) in [5.74, 6) is 0.513. The van der Waals surface area contributed by atoms with Crippen LogP contribution < -0.4 is 20.7 Å². The quantitative estimate of drug-likeness (QED) is 0.549. The Labute approximate surface area is 177 Å². The molecule has 0 aliphatic carbocycles. The van der Waals surface area contributed by atoms with E-state index in [2.05, 4.69) is 16.0 Å². The van der Waals surface area contributed by atoms with E-state index >= 15 is 0 Å². The first kappa shape index (κ1) is 21.6. The van der Waals surface area contributed by atoms with E-state index in [0.29, 0.717) is 30.2 Å². The highest BCUT2D eigenvalue weighted by atomic mass is 16.5. The summed E-state index contributed by atoms with van der Waals surface area (Å²) in [6.07, 6.45) is 3.51. The molecule has 2 aromatic carbocycles. The molecule has 0 aromatic heterocycles. The van der Waals surface area contributed by atoms with Gasteiger partial charge < -0.3 is 25.4 Å². The molecule has 0 spiro atoms. The molecule has 2 aromatic rings. The Kier molecular flexibility index (Phi) is 8.09. The molecule has 1 fully saturated rings. The highest BCUT2D eigenvalue weighted by Gasteiger charge is 2.16. The summed E-state index contributed by atoms with van der Waals surface area (Å²) in [6.45, 7) is 3.36. The van der Waals surface area contributed by atoms with Gasteiger partial charge in [0.1, 0.15) is 12.4 Å². The van der Waals surface area contributed by atoms with Crippen molar-refractivity contribution in [2.75, 3.05) is 35.7 Å². The second kappa shape index (κ2) is 11.2. The fourth-order valence-electron chi connectivity index (χ4n) is 3.17. The molecular formula is C23H29N3O4. The standard InChI is InChI=1S/C23H29N3O4/c1-2-6-22(27)25-17-10-12-18(13-11-17)26-23(28)15-24-20-8-3-4-9-21(20)30-16-19-7-5-14-29-19/h3-4,8-13,19,24H,2,5-7,14-16H2,1H3,(H,25,27)(H,26,28). The van der Waals surface area contributed by atoms with Crippen LogP contribution in [0, 0.1) is 0 Å².